The van der Waals surface area contributed by atoms with Crippen molar-refractivity contribution in [3.8, 4) is 0 Å². The van der Waals surface area contributed by atoms with Crippen LogP contribution in [0.3, 0.4) is 0 Å². The van der Waals surface area contributed by atoms with Crippen molar-refractivity contribution in [1.82, 2.24) is 4.90 Å². The number of nitrogens with zero attached hydrogens (tertiary/aromatic N) is 1. The molecule has 0 saturated carbocycles. The number of halogens is 1. The van der Waals surface area contributed by atoms with Gasteiger partial charge in [0.2, 0.25) is 0 Å². The van der Waals surface area contributed by atoms with E-state index in [2.05, 4.69) is 0 Å². The molecule has 6 heteroatoms. The second-order valence-electron chi connectivity index (χ2n) is 5.16. The summed E-state index contributed by atoms with van der Waals surface area (Å²) in [6, 6.07) is 6.22. The van der Waals surface area contributed by atoms with Crippen LogP contribution in [0.15, 0.2) is 24.3 Å². The van der Waals surface area contributed by atoms with Crippen molar-refractivity contribution in [2.24, 2.45) is 0 Å². The zero-order chi connectivity index (χ0) is 14.8. The summed E-state index contributed by atoms with van der Waals surface area (Å²) in [7, 11) is 0. The van der Waals surface area contributed by atoms with Gasteiger partial charge in [-0.15, -0.1) is 0 Å². The summed E-state index contributed by atoms with van der Waals surface area (Å²) in [5, 5.41) is 8.69. The molecular weight excluding hydrogens is 265 g/mol. The topological polar surface area (TPSA) is 66.8 Å². The molecule has 108 valence electrons. The van der Waals surface area contributed by atoms with E-state index in [-0.39, 0.29) is 31.7 Å². The lowest BCUT2D eigenvalue weighted by atomic mass is 10.00. The van der Waals surface area contributed by atoms with Crippen LogP contribution in [0.25, 0.3) is 0 Å². The van der Waals surface area contributed by atoms with Crippen molar-refractivity contribution < 1.29 is 23.8 Å². The number of cyclic esters (lactones) is 1. The van der Waals surface area contributed by atoms with E-state index in [9.17, 15) is 14.0 Å². The smallest absolute Gasteiger partial charge is 0.410 e. The number of ether oxygens (including phenoxy) is 1. The average molecular weight is 281 g/mol. The lowest BCUT2D eigenvalue weighted by Gasteiger charge is -2.20. The van der Waals surface area contributed by atoms with Crippen LogP contribution in [0.5, 0.6) is 0 Å². The minimum absolute atomic E-state index is 0.0721. The Bertz CT molecular complexity index is 534. The zero-order valence-electron chi connectivity index (χ0n) is 11.1. The number of hydrogen-bond donors (Lipinski definition) is 1. The number of hydrogen-bond acceptors (Lipinski definition) is 3. The molecule has 0 bridgehead atoms. The Kier molecular flexibility index (Phi) is 3.92. The maximum atomic E-state index is 13.6. The monoisotopic (exact) mass is 281 g/mol. The van der Waals surface area contributed by atoms with Crippen molar-refractivity contribution in [3.05, 3.63) is 35.6 Å². The summed E-state index contributed by atoms with van der Waals surface area (Å²) in [4.78, 5) is 23.8. The second kappa shape index (κ2) is 5.48. The van der Waals surface area contributed by atoms with E-state index in [0.29, 0.717) is 5.56 Å². The Morgan fingerprint density at radius 1 is 1.50 bits per heavy atom. The minimum Gasteiger partial charge on any atom is -0.481 e. The number of benzene rings is 1. The molecule has 1 unspecified atom stereocenters. The van der Waals surface area contributed by atoms with E-state index in [1.165, 1.54) is 11.0 Å². The van der Waals surface area contributed by atoms with Crippen LogP contribution in [0.4, 0.5) is 9.18 Å². The Balaban J connectivity index is 2.02. The summed E-state index contributed by atoms with van der Waals surface area (Å²) < 4.78 is 18.8. The quantitative estimate of drug-likeness (QED) is 0.900. The number of amides is 1. The summed E-state index contributed by atoms with van der Waals surface area (Å²) >= 11 is 0. The van der Waals surface area contributed by atoms with Gasteiger partial charge in [-0.3, -0.25) is 9.69 Å². The summed E-state index contributed by atoms with van der Waals surface area (Å²) in [5.41, 5.74) is -0.423. The molecule has 1 fully saturated rings. The molecule has 1 aliphatic heterocycles. The van der Waals surface area contributed by atoms with Crippen LogP contribution < -0.4 is 0 Å². The first kappa shape index (κ1) is 14.3. The normalized spacial score (nSPS) is 21.9. The van der Waals surface area contributed by atoms with Crippen LogP contribution in [0.1, 0.15) is 25.3 Å². The molecule has 0 radical (unpaired) electrons. The molecule has 1 heterocycles. The lowest BCUT2D eigenvalue weighted by molar-refractivity contribution is -0.138. The standard InChI is InChI=1S/C14H16FNO4/c1-14(7-6-12(17)18)9-16(13(19)20-14)8-10-4-2-3-5-11(10)15/h2-5H,6-9H2,1H3,(H,17,18). The Hall–Kier alpha value is -2.11. The number of rotatable bonds is 5. The maximum Gasteiger partial charge on any atom is 0.410 e. The van der Waals surface area contributed by atoms with Gasteiger partial charge in [0.15, 0.2) is 0 Å². The molecule has 1 atom stereocenters. The molecule has 1 aromatic carbocycles. The first-order valence-electron chi connectivity index (χ1n) is 6.33. The van der Waals surface area contributed by atoms with Crippen molar-refractivity contribution in [1.29, 1.82) is 0 Å². The zero-order valence-corrected chi connectivity index (χ0v) is 11.1. The molecule has 5 nitrogen and oxygen atoms in total. The maximum absolute atomic E-state index is 13.6. The Morgan fingerprint density at radius 2 is 2.20 bits per heavy atom. The van der Waals surface area contributed by atoms with Crippen molar-refractivity contribution in [2.45, 2.75) is 31.9 Å². The van der Waals surface area contributed by atoms with E-state index in [1.54, 1.807) is 25.1 Å². The van der Waals surface area contributed by atoms with E-state index in [1.807, 2.05) is 0 Å². The molecule has 0 spiro atoms. The van der Waals surface area contributed by atoms with Gasteiger partial charge in [0, 0.05) is 12.0 Å². The fourth-order valence-electron chi connectivity index (χ4n) is 2.23. The first-order chi connectivity index (χ1) is 9.39. The van der Waals surface area contributed by atoms with Gasteiger partial charge in [0.05, 0.1) is 13.1 Å². The van der Waals surface area contributed by atoms with Gasteiger partial charge in [-0.2, -0.15) is 0 Å². The van der Waals surface area contributed by atoms with E-state index in [4.69, 9.17) is 9.84 Å². The SMILES string of the molecule is CC1(CCC(=O)O)CN(Cc2ccccc2F)C(=O)O1. The van der Waals surface area contributed by atoms with E-state index >= 15 is 0 Å². The summed E-state index contributed by atoms with van der Waals surface area (Å²) in [5.74, 6) is -1.31. The Labute approximate surface area is 116 Å². The highest BCUT2D eigenvalue weighted by molar-refractivity contribution is 5.71. The average Bonchev–Trinajstić information content (AvgIpc) is 2.66. The number of aliphatic carboxylic acids is 1. The molecule has 1 N–H and O–H groups in total. The third kappa shape index (κ3) is 3.26. The number of carbonyl (C=O) groups is 2. The van der Waals surface area contributed by atoms with E-state index < -0.39 is 17.7 Å². The number of carboxylic acids is 1. The largest absolute Gasteiger partial charge is 0.481 e. The highest BCUT2D eigenvalue weighted by atomic mass is 19.1. The molecule has 1 amide bonds. The van der Waals surface area contributed by atoms with Gasteiger partial charge in [-0.05, 0) is 19.4 Å². The van der Waals surface area contributed by atoms with Crippen LogP contribution >= 0.6 is 0 Å². The third-order valence-corrected chi connectivity index (χ3v) is 3.30. The van der Waals surface area contributed by atoms with Gasteiger partial charge in [0.1, 0.15) is 11.4 Å². The lowest BCUT2D eigenvalue weighted by Crippen LogP contribution is -2.32. The molecule has 20 heavy (non-hydrogen) atoms. The van der Waals surface area contributed by atoms with Crippen molar-refractivity contribution in [2.75, 3.05) is 6.54 Å². The number of carbonyl (C=O) groups excluding carboxylic acids is 1. The van der Waals surface area contributed by atoms with Crippen LogP contribution in [-0.2, 0) is 16.1 Å². The highest BCUT2D eigenvalue weighted by Gasteiger charge is 2.41. The van der Waals surface area contributed by atoms with Crippen LogP contribution in [0.2, 0.25) is 0 Å². The predicted molar refractivity (Wildman–Crippen MR) is 68.6 cm³/mol. The van der Waals surface area contributed by atoms with Gasteiger partial charge in [-0.1, -0.05) is 18.2 Å². The van der Waals surface area contributed by atoms with Gasteiger partial charge in [-0.25, -0.2) is 9.18 Å². The Morgan fingerprint density at radius 3 is 2.85 bits per heavy atom. The molecular formula is C14H16FNO4. The minimum atomic E-state index is -0.935. The molecule has 1 saturated heterocycles. The molecule has 0 aliphatic carbocycles. The third-order valence-electron chi connectivity index (χ3n) is 3.30. The second-order valence-corrected chi connectivity index (χ2v) is 5.16. The molecule has 0 aromatic heterocycles. The molecule has 2 rings (SSSR count). The molecule has 1 aromatic rings. The highest BCUT2D eigenvalue weighted by Crippen LogP contribution is 2.28. The van der Waals surface area contributed by atoms with Crippen LogP contribution in [-0.4, -0.2) is 34.2 Å². The summed E-state index contributed by atoms with van der Waals surface area (Å²) in [6.45, 7) is 2.07. The molecule has 1 aliphatic rings. The fraction of sp³-hybridized carbons (Fsp3) is 0.429. The summed E-state index contributed by atoms with van der Waals surface area (Å²) in [6.07, 6.45) is -0.375. The van der Waals surface area contributed by atoms with E-state index in [0.717, 1.165) is 0 Å². The van der Waals surface area contributed by atoms with Crippen LogP contribution in [0, 0.1) is 5.82 Å². The first-order valence-corrected chi connectivity index (χ1v) is 6.33. The van der Waals surface area contributed by atoms with Gasteiger partial charge >= 0.3 is 12.1 Å². The van der Waals surface area contributed by atoms with Crippen molar-refractivity contribution in [3.63, 3.8) is 0 Å². The predicted octanol–water partition coefficient (Wildman–Crippen LogP) is 2.40. The van der Waals surface area contributed by atoms with Crippen molar-refractivity contribution >= 4 is 12.1 Å². The number of carboxylic acid groups (broad SMARTS) is 1. The van der Waals surface area contributed by atoms with Gasteiger partial charge < -0.3 is 9.84 Å². The fourth-order valence-corrected chi connectivity index (χ4v) is 2.23. The van der Waals surface area contributed by atoms with Gasteiger partial charge in [0.25, 0.3) is 0 Å².